The molecule has 1 aliphatic carbocycles. The van der Waals surface area contributed by atoms with Crippen LogP contribution in [0.3, 0.4) is 0 Å². The lowest BCUT2D eigenvalue weighted by molar-refractivity contribution is 0.108. The van der Waals surface area contributed by atoms with Crippen LogP contribution in [0.1, 0.15) is 25.7 Å². The molecule has 1 saturated carbocycles. The quantitative estimate of drug-likeness (QED) is 0.378. The topological polar surface area (TPSA) is 58.3 Å². The van der Waals surface area contributed by atoms with Crippen LogP contribution in [0.4, 0.5) is 0 Å². The fourth-order valence-corrected chi connectivity index (χ4v) is 1.52. The molecule has 0 aromatic carbocycles. The molecule has 0 amide bonds. The van der Waals surface area contributed by atoms with E-state index in [-0.39, 0.29) is 6.10 Å². The van der Waals surface area contributed by atoms with Crippen LogP contribution in [0, 0.1) is 5.92 Å². The summed E-state index contributed by atoms with van der Waals surface area (Å²) in [7, 11) is 0. The molecule has 1 rings (SSSR count). The number of nitrogens with two attached hydrogens (primary N) is 1. The fraction of sp³-hybridized carbons (Fsp3) is 1.00. The molecule has 0 saturated heterocycles. The number of hydrogen-bond acceptors (Lipinski definition) is 3. The summed E-state index contributed by atoms with van der Waals surface area (Å²) < 4.78 is 0. The Hall–Kier alpha value is -0.120. The van der Waals surface area contributed by atoms with E-state index in [9.17, 15) is 0 Å². The van der Waals surface area contributed by atoms with E-state index in [1.54, 1.807) is 0 Å². The standard InChI is InChI=1S/C7H16N2O/c8-9-5-6-1-3-7(10)4-2-6/h6-7,9-10H,1-5,8H2. The average Bonchev–Trinajstić information content (AvgIpc) is 1.95. The molecule has 4 N–H and O–H groups in total. The first-order valence-electron chi connectivity index (χ1n) is 3.94. The summed E-state index contributed by atoms with van der Waals surface area (Å²) in [5.74, 6) is 5.87. The zero-order valence-electron chi connectivity index (χ0n) is 6.21. The van der Waals surface area contributed by atoms with Gasteiger partial charge in [0.25, 0.3) is 0 Å². The number of hydrazine groups is 1. The predicted molar refractivity (Wildman–Crippen MR) is 40.2 cm³/mol. The highest BCUT2D eigenvalue weighted by molar-refractivity contribution is 4.71. The molecule has 0 spiro atoms. The smallest absolute Gasteiger partial charge is 0.0540 e. The van der Waals surface area contributed by atoms with Gasteiger partial charge in [0.05, 0.1) is 6.10 Å². The predicted octanol–water partition coefficient (Wildman–Crippen LogP) is 0.000800. The monoisotopic (exact) mass is 144 g/mol. The number of rotatable bonds is 2. The Balaban J connectivity index is 2.13. The lowest BCUT2D eigenvalue weighted by atomic mass is 9.88. The van der Waals surface area contributed by atoms with Gasteiger partial charge >= 0.3 is 0 Å². The van der Waals surface area contributed by atoms with Crippen molar-refractivity contribution in [3.05, 3.63) is 0 Å². The molecule has 0 bridgehead atoms. The van der Waals surface area contributed by atoms with Crippen molar-refractivity contribution >= 4 is 0 Å². The largest absolute Gasteiger partial charge is 0.393 e. The van der Waals surface area contributed by atoms with Crippen LogP contribution < -0.4 is 11.3 Å². The molecular formula is C7H16N2O. The second-order valence-electron chi connectivity index (χ2n) is 3.08. The zero-order chi connectivity index (χ0) is 7.40. The van der Waals surface area contributed by atoms with Crippen LogP contribution in [0.25, 0.3) is 0 Å². The summed E-state index contributed by atoms with van der Waals surface area (Å²) >= 11 is 0. The maximum Gasteiger partial charge on any atom is 0.0540 e. The first-order valence-corrected chi connectivity index (χ1v) is 3.94. The minimum Gasteiger partial charge on any atom is -0.393 e. The molecule has 0 heterocycles. The molecule has 1 fully saturated rings. The van der Waals surface area contributed by atoms with Crippen molar-refractivity contribution in [3.8, 4) is 0 Å². The molecule has 0 aliphatic heterocycles. The fourth-order valence-electron chi connectivity index (χ4n) is 1.52. The molecule has 3 nitrogen and oxygen atoms in total. The molecule has 60 valence electrons. The van der Waals surface area contributed by atoms with Gasteiger partial charge < -0.3 is 5.11 Å². The summed E-state index contributed by atoms with van der Waals surface area (Å²) in [6, 6.07) is 0. The van der Waals surface area contributed by atoms with Gasteiger partial charge in [-0.3, -0.25) is 11.3 Å². The molecule has 0 radical (unpaired) electrons. The number of aliphatic hydroxyl groups is 1. The Labute approximate surface area is 61.6 Å². The highest BCUT2D eigenvalue weighted by Crippen LogP contribution is 2.22. The summed E-state index contributed by atoms with van der Waals surface area (Å²) in [4.78, 5) is 0. The highest BCUT2D eigenvalue weighted by atomic mass is 16.3. The first kappa shape index (κ1) is 7.98. The second-order valence-corrected chi connectivity index (χ2v) is 3.08. The van der Waals surface area contributed by atoms with Gasteiger partial charge in [0, 0.05) is 6.54 Å². The first-order chi connectivity index (χ1) is 4.83. The maximum absolute atomic E-state index is 9.14. The maximum atomic E-state index is 9.14. The summed E-state index contributed by atoms with van der Waals surface area (Å²) in [6.07, 6.45) is 4.09. The van der Waals surface area contributed by atoms with Crippen LogP contribution in [0.2, 0.25) is 0 Å². The van der Waals surface area contributed by atoms with E-state index in [2.05, 4.69) is 5.43 Å². The lowest BCUT2D eigenvalue weighted by Crippen LogP contribution is -2.31. The van der Waals surface area contributed by atoms with Gasteiger partial charge in [0.2, 0.25) is 0 Å². The summed E-state index contributed by atoms with van der Waals surface area (Å²) in [5.41, 5.74) is 2.67. The molecule has 0 aromatic heterocycles. The van der Waals surface area contributed by atoms with Crippen LogP contribution >= 0.6 is 0 Å². The van der Waals surface area contributed by atoms with Crippen molar-refractivity contribution in [2.75, 3.05) is 6.54 Å². The Morgan fingerprint density at radius 1 is 1.30 bits per heavy atom. The number of nitrogens with one attached hydrogen (secondary N) is 1. The van der Waals surface area contributed by atoms with Crippen LogP contribution in [0.5, 0.6) is 0 Å². The van der Waals surface area contributed by atoms with Crippen molar-refractivity contribution in [2.24, 2.45) is 11.8 Å². The molecular weight excluding hydrogens is 128 g/mol. The van der Waals surface area contributed by atoms with Crippen molar-refractivity contribution in [1.82, 2.24) is 5.43 Å². The van der Waals surface area contributed by atoms with Crippen molar-refractivity contribution in [3.63, 3.8) is 0 Å². The van der Waals surface area contributed by atoms with Gasteiger partial charge in [0.1, 0.15) is 0 Å². The Morgan fingerprint density at radius 3 is 2.40 bits per heavy atom. The van der Waals surface area contributed by atoms with E-state index in [4.69, 9.17) is 10.9 Å². The van der Waals surface area contributed by atoms with E-state index in [1.165, 1.54) is 0 Å². The molecule has 0 atom stereocenters. The molecule has 0 aromatic rings. The molecule has 3 heteroatoms. The Kier molecular flexibility index (Phi) is 3.12. The van der Waals surface area contributed by atoms with Crippen molar-refractivity contribution in [2.45, 2.75) is 31.8 Å². The minimum atomic E-state index is -0.0472. The Morgan fingerprint density at radius 2 is 1.90 bits per heavy atom. The van der Waals surface area contributed by atoms with Crippen molar-refractivity contribution < 1.29 is 5.11 Å². The number of hydrogen-bond donors (Lipinski definition) is 3. The van der Waals surface area contributed by atoms with E-state index in [0.717, 1.165) is 32.2 Å². The Bertz CT molecular complexity index is 89.6. The van der Waals surface area contributed by atoms with Gasteiger partial charge in [-0.25, -0.2) is 0 Å². The van der Waals surface area contributed by atoms with Crippen LogP contribution in [-0.4, -0.2) is 17.8 Å². The normalized spacial score (nSPS) is 34.2. The number of aliphatic hydroxyl groups excluding tert-OH is 1. The third kappa shape index (κ3) is 2.25. The van der Waals surface area contributed by atoms with Gasteiger partial charge in [-0.15, -0.1) is 0 Å². The van der Waals surface area contributed by atoms with E-state index in [0.29, 0.717) is 5.92 Å². The van der Waals surface area contributed by atoms with E-state index < -0.39 is 0 Å². The summed E-state index contributed by atoms with van der Waals surface area (Å²) in [5, 5.41) is 9.14. The minimum absolute atomic E-state index is 0.0472. The van der Waals surface area contributed by atoms with Crippen LogP contribution in [0.15, 0.2) is 0 Å². The third-order valence-corrected chi connectivity index (χ3v) is 2.22. The second kappa shape index (κ2) is 3.91. The molecule has 1 aliphatic rings. The van der Waals surface area contributed by atoms with Gasteiger partial charge in [-0.2, -0.15) is 0 Å². The SMILES string of the molecule is NNCC1CCC(O)CC1. The average molecular weight is 144 g/mol. The molecule has 10 heavy (non-hydrogen) atoms. The summed E-state index contributed by atoms with van der Waals surface area (Å²) in [6.45, 7) is 0.896. The third-order valence-electron chi connectivity index (χ3n) is 2.22. The lowest BCUT2D eigenvalue weighted by Gasteiger charge is -2.24. The van der Waals surface area contributed by atoms with E-state index >= 15 is 0 Å². The van der Waals surface area contributed by atoms with Crippen LogP contribution in [-0.2, 0) is 0 Å². The van der Waals surface area contributed by atoms with Gasteiger partial charge in [-0.1, -0.05) is 0 Å². The zero-order valence-corrected chi connectivity index (χ0v) is 6.21. The molecule has 0 unspecified atom stereocenters. The van der Waals surface area contributed by atoms with E-state index in [1.807, 2.05) is 0 Å². The van der Waals surface area contributed by atoms with Gasteiger partial charge in [-0.05, 0) is 31.6 Å². The highest BCUT2D eigenvalue weighted by Gasteiger charge is 2.18. The van der Waals surface area contributed by atoms with Gasteiger partial charge in [0.15, 0.2) is 0 Å². The van der Waals surface area contributed by atoms with Crippen molar-refractivity contribution in [1.29, 1.82) is 0 Å².